The van der Waals surface area contributed by atoms with Crippen molar-refractivity contribution in [2.75, 3.05) is 0 Å². The van der Waals surface area contributed by atoms with E-state index in [1.54, 1.807) is 11.3 Å². The Morgan fingerprint density at radius 3 is 2.75 bits per heavy atom. The van der Waals surface area contributed by atoms with Crippen LogP contribution in [0.3, 0.4) is 0 Å². The summed E-state index contributed by atoms with van der Waals surface area (Å²) < 4.78 is 13.5. The molecule has 0 amide bonds. The molecule has 1 heterocycles. The molecule has 0 saturated heterocycles. The largest absolute Gasteiger partial charge is 0.304 e. The van der Waals surface area contributed by atoms with Gasteiger partial charge in [-0.1, -0.05) is 30.1 Å². The van der Waals surface area contributed by atoms with Crippen LogP contribution in [-0.2, 0) is 13.0 Å². The Balaban J connectivity index is 2.04. The van der Waals surface area contributed by atoms with Gasteiger partial charge in [-0.05, 0) is 31.0 Å². The summed E-state index contributed by atoms with van der Waals surface area (Å²) in [5.41, 5.74) is 0.695. The topological polar surface area (TPSA) is 24.9 Å². The van der Waals surface area contributed by atoms with Crippen molar-refractivity contribution in [2.24, 2.45) is 0 Å². The minimum Gasteiger partial charge on any atom is -0.304 e. The number of aryl methyl sites for hydroxylation is 1. The molecule has 1 aromatic carbocycles. The predicted octanol–water partition coefficient (Wildman–Crippen LogP) is 5.00. The monoisotopic (exact) mass is 332 g/mol. The Hall–Kier alpha value is -0.680. The van der Waals surface area contributed by atoms with Crippen molar-refractivity contribution in [3.63, 3.8) is 0 Å². The number of aromatic nitrogens is 1. The van der Waals surface area contributed by atoms with Gasteiger partial charge in [0.25, 0.3) is 0 Å². The van der Waals surface area contributed by atoms with Gasteiger partial charge in [0.1, 0.15) is 10.8 Å². The standard InChI is InChI=1S/C14H15Cl2FN2S/c1-3-9-6-19-14(20-9)7-18-8(2)10-4-13(17)12(16)5-11(10)15/h4-6,8,18H,3,7H2,1-2H3. The fraction of sp³-hybridized carbons (Fsp3) is 0.357. The van der Waals surface area contributed by atoms with Gasteiger partial charge in [0, 0.05) is 28.7 Å². The molecule has 1 N–H and O–H groups in total. The van der Waals surface area contributed by atoms with E-state index in [0.29, 0.717) is 17.1 Å². The molecule has 0 bridgehead atoms. The molecule has 0 aliphatic heterocycles. The number of halogens is 3. The molecule has 20 heavy (non-hydrogen) atoms. The summed E-state index contributed by atoms with van der Waals surface area (Å²) in [6, 6.07) is 2.73. The molecule has 0 fully saturated rings. The molecule has 0 aliphatic rings. The second kappa shape index (κ2) is 6.85. The van der Waals surface area contributed by atoms with Gasteiger partial charge in [-0.3, -0.25) is 0 Å². The second-order valence-electron chi connectivity index (χ2n) is 4.46. The summed E-state index contributed by atoms with van der Waals surface area (Å²) in [6.07, 6.45) is 2.88. The van der Waals surface area contributed by atoms with Crippen molar-refractivity contribution < 1.29 is 4.39 Å². The molecule has 0 saturated carbocycles. The summed E-state index contributed by atoms with van der Waals surface area (Å²) in [5, 5.41) is 4.81. The second-order valence-corrected chi connectivity index (χ2v) is 6.48. The number of rotatable bonds is 5. The van der Waals surface area contributed by atoms with Gasteiger partial charge < -0.3 is 5.32 Å². The van der Waals surface area contributed by atoms with Gasteiger partial charge in [-0.25, -0.2) is 9.37 Å². The molecule has 2 rings (SSSR count). The first-order chi connectivity index (χ1) is 9.51. The third kappa shape index (κ3) is 3.70. The van der Waals surface area contributed by atoms with E-state index in [4.69, 9.17) is 23.2 Å². The summed E-state index contributed by atoms with van der Waals surface area (Å²) >= 11 is 13.5. The van der Waals surface area contributed by atoms with E-state index in [1.165, 1.54) is 17.0 Å². The van der Waals surface area contributed by atoms with Crippen molar-refractivity contribution in [3.8, 4) is 0 Å². The maximum Gasteiger partial charge on any atom is 0.142 e. The summed E-state index contributed by atoms with van der Waals surface area (Å²) in [7, 11) is 0. The smallest absolute Gasteiger partial charge is 0.142 e. The third-order valence-corrected chi connectivity index (χ3v) is 4.77. The fourth-order valence-electron chi connectivity index (χ4n) is 1.81. The Labute approximate surface area is 131 Å². The van der Waals surface area contributed by atoms with Gasteiger partial charge in [0.15, 0.2) is 0 Å². The Morgan fingerprint density at radius 1 is 1.35 bits per heavy atom. The minimum absolute atomic E-state index is 0.0402. The lowest BCUT2D eigenvalue weighted by Gasteiger charge is -2.15. The Morgan fingerprint density at radius 2 is 2.10 bits per heavy atom. The zero-order valence-electron chi connectivity index (χ0n) is 11.2. The van der Waals surface area contributed by atoms with Crippen LogP contribution in [-0.4, -0.2) is 4.98 Å². The van der Waals surface area contributed by atoms with Gasteiger partial charge in [-0.2, -0.15) is 0 Å². The highest BCUT2D eigenvalue weighted by molar-refractivity contribution is 7.11. The van der Waals surface area contributed by atoms with Crippen molar-refractivity contribution in [3.05, 3.63) is 49.6 Å². The minimum atomic E-state index is -0.456. The van der Waals surface area contributed by atoms with Gasteiger partial charge in [0.05, 0.1) is 5.02 Å². The van der Waals surface area contributed by atoms with Crippen LogP contribution in [0.5, 0.6) is 0 Å². The van der Waals surface area contributed by atoms with Crippen LogP contribution in [0.1, 0.15) is 35.3 Å². The highest BCUT2D eigenvalue weighted by atomic mass is 35.5. The number of nitrogens with zero attached hydrogens (tertiary/aromatic N) is 1. The van der Waals surface area contributed by atoms with Crippen molar-refractivity contribution in [1.82, 2.24) is 10.3 Å². The van der Waals surface area contributed by atoms with E-state index >= 15 is 0 Å². The average molecular weight is 333 g/mol. The lowest BCUT2D eigenvalue weighted by atomic mass is 10.1. The Bertz CT molecular complexity index is 601. The zero-order chi connectivity index (χ0) is 14.7. The molecule has 108 valence electrons. The lowest BCUT2D eigenvalue weighted by Crippen LogP contribution is -2.18. The average Bonchev–Trinajstić information content (AvgIpc) is 2.88. The van der Waals surface area contributed by atoms with Crippen LogP contribution in [0.25, 0.3) is 0 Å². The van der Waals surface area contributed by atoms with Crippen molar-refractivity contribution in [2.45, 2.75) is 32.9 Å². The number of benzene rings is 1. The van der Waals surface area contributed by atoms with E-state index in [-0.39, 0.29) is 11.1 Å². The molecule has 0 aliphatic carbocycles. The quantitative estimate of drug-likeness (QED) is 0.779. The molecule has 1 unspecified atom stereocenters. The number of nitrogens with one attached hydrogen (secondary N) is 1. The molecule has 2 nitrogen and oxygen atoms in total. The van der Waals surface area contributed by atoms with Crippen molar-refractivity contribution in [1.29, 1.82) is 0 Å². The van der Waals surface area contributed by atoms with E-state index < -0.39 is 5.82 Å². The molecule has 6 heteroatoms. The lowest BCUT2D eigenvalue weighted by molar-refractivity contribution is 0.564. The fourth-order valence-corrected chi connectivity index (χ4v) is 3.17. The molecular weight excluding hydrogens is 318 g/mol. The molecule has 2 aromatic rings. The molecule has 0 spiro atoms. The molecule has 0 radical (unpaired) electrons. The summed E-state index contributed by atoms with van der Waals surface area (Å²) in [6.45, 7) is 4.67. The van der Waals surface area contributed by atoms with Crippen LogP contribution in [0, 0.1) is 5.82 Å². The summed E-state index contributed by atoms with van der Waals surface area (Å²) in [4.78, 5) is 5.59. The van der Waals surface area contributed by atoms with Crippen LogP contribution in [0.2, 0.25) is 10.0 Å². The van der Waals surface area contributed by atoms with Gasteiger partial charge in [0.2, 0.25) is 0 Å². The zero-order valence-corrected chi connectivity index (χ0v) is 13.5. The number of thiazole rings is 1. The first kappa shape index (κ1) is 15.7. The van der Waals surface area contributed by atoms with E-state index in [1.807, 2.05) is 13.1 Å². The first-order valence-electron chi connectivity index (χ1n) is 6.32. The van der Waals surface area contributed by atoms with Gasteiger partial charge in [-0.15, -0.1) is 11.3 Å². The van der Waals surface area contributed by atoms with E-state index in [9.17, 15) is 4.39 Å². The van der Waals surface area contributed by atoms with E-state index in [2.05, 4.69) is 17.2 Å². The number of hydrogen-bond donors (Lipinski definition) is 1. The highest BCUT2D eigenvalue weighted by Crippen LogP contribution is 2.28. The van der Waals surface area contributed by atoms with E-state index in [0.717, 1.165) is 11.4 Å². The normalized spacial score (nSPS) is 12.7. The molecule has 1 atom stereocenters. The third-order valence-electron chi connectivity index (χ3n) is 3.02. The maximum absolute atomic E-state index is 13.5. The predicted molar refractivity (Wildman–Crippen MR) is 83.2 cm³/mol. The highest BCUT2D eigenvalue weighted by Gasteiger charge is 2.13. The number of hydrogen-bond acceptors (Lipinski definition) is 3. The first-order valence-corrected chi connectivity index (χ1v) is 7.90. The molecule has 1 aromatic heterocycles. The van der Waals surface area contributed by atoms with Crippen molar-refractivity contribution >= 4 is 34.5 Å². The van der Waals surface area contributed by atoms with Gasteiger partial charge >= 0.3 is 0 Å². The molecular formula is C14H15Cl2FN2S. The van der Waals surface area contributed by atoms with Crippen LogP contribution in [0.15, 0.2) is 18.3 Å². The SMILES string of the molecule is CCc1cnc(CNC(C)c2cc(F)c(Cl)cc2Cl)s1. The summed E-state index contributed by atoms with van der Waals surface area (Å²) in [5.74, 6) is -0.456. The maximum atomic E-state index is 13.5. The van der Waals surface area contributed by atoms with Crippen LogP contribution in [0.4, 0.5) is 4.39 Å². The Kier molecular flexibility index (Phi) is 5.38. The van der Waals surface area contributed by atoms with Crippen LogP contribution < -0.4 is 5.32 Å². The van der Waals surface area contributed by atoms with Crippen LogP contribution >= 0.6 is 34.5 Å².